The van der Waals surface area contributed by atoms with Crippen molar-refractivity contribution in [2.24, 2.45) is 0 Å². The molecule has 23 heavy (non-hydrogen) atoms. The van der Waals surface area contributed by atoms with Crippen LogP contribution in [0.15, 0.2) is 64.7 Å². The molecule has 0 fully saturated rings. The van der Waals surface area contributed by atoms with Gasteiger partial charge in [-0.2, -0.15) is 4.57 Å². The summed E-state index contributed by atoms with van der Waals surface area (Å²) >= 11 is 5.09. The second kappa shape index (κ2) is 7.99. The van der Waals surface area contributed by atoms with Gasteiger partial charge in [-0.05, 0) is 30.2 Å². The maximum absolute atomic E-state index is 12.7. The first-order valence-corrected chi connectivity index (χ1v) is 8.63. The largest absolute Gasteiger partial charge is 1.00 e. The summed E-state index contributed by atoms with van der Waals surface area (Å²) in [6, 6.07) is 15.8. The quantitative estimate of drug-likeness (QED) is 0.435. The Hall–Kier alpha value is -1.30. The lowest BCUT2D eigenvalue weighted by Crippen LogP contribution is -3.00. The number of halogens is 2. The summed E-state index contributed by atoms with van der Waals surface area (Å²) in [5.74, 6) is 0.126. The van der Waals surface area contributed by atoms with Crippen LogP contribution in [0.5, 0.6) is 0 Å². The number of ketones is 1. The summed E-state index contributed by atoms with van der Waals surface area (Å²) in [6.45, 7) is 2.42. The van der Waals surface area contributed by atoms with Crippen molar-refractivity contribution < 1.29 is 26.3 Å². The summed E-state index contributed by atoms with van der Waals surface area (Å²) in [5, 5.41) is 0. The van der Waals surface area contributed by atoms with Crippen molar-refractivity contribution >= 4 is 33.0 Å². The molecule has 0 saturated carbocycles. The van der Waals surface area contributed by atoms with Crippen LogP contribution in [0, 0.1) is 6.92 Å². The SMILES string of the molecule is Cc1c[n+](CC(=O)c2ccccc2-c2ccc(Br)cc2)cs1.[Br-]. The van der Waals surface area contributed by atoms with Gasteiger partial charge < -0.3 is 17.0 Å². The van der Waals surface area contributed by atoms with Gasteiger partial charge in [-0.1, -0.05) is 63.7 Å². The molecule has 0 aliphatic rings. The number of hydrogen-bond acceptors (Lipinski definition) is 2. The van der Waals surface area contributed by atoms with Crippen molar-refractivity contribution in [3.8, 4) is 11.1 Å². The first-order valence-electron chi connectivity index (χ1n) is 6.96. The van der Waals surface area contributed by atoms with E-state index in [1.165, 1.54) is 4.88 Å². The highest BCUT2D eigenvalue weighted by Crippen LogP contribution is 2.25. The topological polar surface area (TPSA) is 20.9 Å². The number of aromatic nitrogens is 1. The molecule has 0 amide bonds. The van der Waals surface area contributed by atoms with Gasteiger partial charge in [0.2, 0.25) is 17.8 Å². The third-order valence-corrected chi connectivity index (χ3v) is 4.81. The lowest BCUT2D eigenvalue weighted by molar-refractivity contribution is -0.678. The molecule has 0 aliphatic carbocycles. The van der Waals surface area contributed by atoms with Crippen molar-refractivity contribution in [1.29, 1.82) is 0 Å². The number of nitrogens with zero attached hydrogens (tertiary/aromatic N) is 1. The predicted molar refractivity (Wildman–Crippen MR) is 93.2 cm³/mol. The molecule has 1 heterocycles. The van der Waals surface area contributed by atoms with Crippen LogP contribution >= 0.6 is 27.3 Å². The van der Waals surface area contributed by atoms with Crippen LogP contribution in [0.3, 0.4) is 0 Å². The van der Waals surface area contributed by atoms with Crippen LogP contribution in [-0.2, 0) is 6.54 Å². The highest BCUT2D eigenvalue weighted by Gasteiger charge is 2.17. The van der Waals surface area contributed by atoms with Gasteiger partial charge in [-0.3, -0.25) is 4.79 Å². The number of Topliss-reactive ketones (excluding diaryl/α,β-unsaturated/α-hetero) is 1. The van der Waals surface area contributed by atoms with E-state index in [-0.39, 0.29) is 22.8 Å². The van der Waals surface area contributed by atoms with Gasteiger partial charge in [0, 0.05) is 10.0 Å². The van der Waals surface area contributed by atoms with E-state index in [2.05, 4.69) is 15.9 Å². The molecule has 3 aromatic rings. The van der Waals surface area contributed by atoms with E-state index in [4.69, 9.17) is 0 Å². The van der Waals surface area contributed by atoms with Gasteiger partial charge in [-0.25, -0.2) is 0 Å². The Morgan fingerprint density at radius 3 is 2.48 bits per heavy atom. The first kappa shape index (κ1) is 18.0. The van der Waals surface area contributed by atoms with Crippen LogP contribution in [0.1, 0.15) is 15.2 Å². The minimum Gasteiger partial charge on any atom is -1.00 e. The number of rotatable bonds is 4. The van der Waals surface area contributed by atoms with E-state index in [0.717, 1.165) is 21.2 Å². The summed E-state index contributed by atoms with van der Waals surface area (Å²) in [5.41, 5.74) is 4.78. The van der Waals surface area contributed by atoms with Crippen molar-refractivity contribution in [2.75, 3.05) is 0 Å². The molecular formula is C18H15Br2NOS. The lowest BCUT2D eigenvalue weighted by Gasteiger charge is -2.07. The summed E-state index contributed by atoms with van der Waals surface area (Å²) < 4.78 is 2.98. The Bertz CT molecular complexity index is 812. The molecule has 0 bridgehead atoms. The second-order valence-corrected chi connectivity index (χ2v) is 7.12. The highest BCUT2D eigenvalue weighted by molar-refractivity contribution is 9.10. The van der Waals surface area contributed by atoms with Crippen LogP contribution in [0.2, 0.25) is 0 Å². The Labute approximate surface area is 158 Å². The average molecular weight is 453 g/mol. The van der Waals surface area contributed by atoms with Gasteiger partial charge in [0.05, 0.1) is 4.88 Å². The van der Waals surface area contributed by atoms with Crippen molar-refractivity contribution in [3.05, 3.63) is 75.2 Å². The molecule has 3 rings (SSSR count). The molecule has 2 aromatic carbocycles. The maximum atomic E-state index is 12.7. The molecule has 0 N–H and O–H groups in total. The van der Waals surface area contributed by atoms with Crippen molar-refractivity contribution in [1.82, 2.24) is 0 Å². The third kappa shape index (κ3) is 4.37. The number of thiazole rings is 1. The monoisotopic (exact) mass is 451 g/mol. The Kier molecular flexibility index (Phi) is 6.27. The summed E-state index contributed by atoms with van der Waals surface area (Å²) in [4.78, 5) is 13.9. The molecule has 1 aromatic heterocycles. The third-order valence-electron chi connectivity index (χ3n) is 3.43. The van der Waals surface area contributed by atoms with E-state index in [0.29, 0.717) is 6.54 Å². The van der Waals surface area contributed by atoms with E-state index in [9.17, 15) is 4.79 Å². The Morgan fingerprint density at radius 2 is 1.83 bits per heavy atom. The first-order chi connectivity index (χ1) is 10.6. The van der Waals surface area contributed by atoms with Gasteiger partial charge in [0.15, 0.2) is 6.20 Å². The zero-order chi connectivity index (χ0) is 15.5. The Balaban J connectivity index is 0.00000192. The smallest absolute Gasteiger partial charge is 0.228 e. The summed E-state index contributed by atoms with van der Waals surface area (Å²) in [7, 11) is 0. The van der Waals surface area contributed by atoms with Gasteiger partial charge >= 0.3 is 0 Å². The zero-order valence-corrected chi connectivity index (χ0v) is 16.5. The molecule has 0 unspecified atom stereocenters. The van der Waals surface area contributed by atoms with Crippen LogP contribution in [0.25, 0.3) is 11.1 Å². The molecule has 0 atom stereocenters. The van der Waals surface area contributed by atoms with Gasteiger partial charge in [0.1, 0.15) is 0 Å². The number of carbonyl (C=O) groups excluding carboxylic acids is 1. The molecule has 5 heteroatoms. The van der Waals surface area contributed by atoms with Crippen LogP contribution in [0.4, 0.5) is 0 Å². The molecule has 118 valence electrons. The molecule has 2 nitrogen and oxygen atoms in total. The standard InChI is InChI=1S/C18H15BrNOS.BrH/c1-13-10-20(12-22-13)11-18(21)17-5-3-2-4-16(17)14-6-8-15(19)9-7-14;/h2-10,12H,11H2,1H3;1H/q+1;/p-1. The van der Waals surface area contributed by atoms with Gasteiger partial charge in [0.25, 0.3) is 0 Å². The minimum atomic E-state index is 0. The number of hydrogen-bond donors (Lipinski definition) is 0. The summed E-state index contributed by atoms with van der Waals surface area (Å²) in [6.07, 6.45) is 2.00. The Morgan fingerprint density at radius 1 is 1.13 bits per heavy atom. The fraction of sp³-hybridized carbons (Fsp3) is 0.111. The lowest BCUT2D eigenvalue weighted by atomic mass is 9.97. The van der Waals surface area contributed by atoms with Gasteiger partial charge in [-0.15, -0.1) is 0 Å². The fourth-order valence-corrected chi connectivity index (χ4v) is 3.28. The molecular weight excluding hydrogens is 438 g/mol. The molecule has 0 saturated heterocycles. The molecule has 0 aliphatic heterocycles. The highest BCUT2D eigenvalue weighted by atomic mass is 79.9. The van der Waals surface area contributed by atoms with E-state index < -0.39 is 0 Å². The zero-order valence-electron chi connectivity index (χ0n) is 12.5. The maximum Gasteiger partial charge on any atom is 0.228 e. The minimum absolute atomic E-state index is 0. The van der Waals surface area contributed by atoms with Crippen LogP contribution < -0.4 is 21.5 Å². The second-order valence-electron chi connectivity index (χ2n) is 5.11. The van der Waals surface area contributed by atoms with Crippen LogP contribution in [-0.4, -0.2) is 5.78 Å². The number of carbonyl (C=O) groups is 1. The van der Waals surface area contributed by atoms with Crippen molar-refractivity contribution in [2.45, 2.75) is 13.5 Å². The number of benzene rings is 2. The predicted octanol–water partition coefficient (Wildman–Crippen LogP) is 1.66. The average Bonchev–Trinajstić information content (AvgIpc) is 2.93. The van der Waals surface area contributed by atoms with E-state index in [1.807, 2.05) is 71.7 Å². The number of aryl methyl sites for hydroxylation is 1. The fourth-order valence-electron chi connectivity index (χ4n) is 2.39. The van der Waals surface area contributed by atoms with E-state index >= 15 is 0 Å². The molecule has 0 spiro atoms. The van der Waals surface area contributed by atoms with E-state index in [1.54, 1.807) is 11.3 Å². The van der Waals surface area contributed by atoms with Crippen molar-refractivity contribution in [3.63, 3.8) is 0 Å². The normalized spacial score (nSPS) is 10.2. The molecule has 0 radical (unpaired) electrons.